The van der Waals surface area contributed by atoms with Gasteiger partial charge in [-0.15, -0.1) is 0 Å². The highest BCUT2D eigenvalue weighted by atomic mass is 16.5. The first kappa shape index (κ1) is 13.8. The summed E-state index contributed by atoms with van der Waals surface area (Å²) >= 11 is 0. The summed E-state index contributed by atoms with van der Waals surface area (Å²) in [6, 6.07) is 2.96. The molecule has 0 bridgehead atoms. The zero-order valence-corrected chi connectivity index (χ0v) is 10.1. The number of hydrogen-bond acceptors (Lipinski definition) is 5. The predicted molar refractivity (Wildman–Crippen MR) is 65.5 cm³/mol. The van der Waals surface area contributed by atoms with Crippen molar-refractivity contribution in [2.75, 3.05) is 18.9 Å². The van der Waals surface area contributed by atoms with E-state index in [9.17, 15) is 9.59 Å². The van der Waals surface area contributed by atoms with Crippen molar-refractivity contribution in [1.29, 1.82) is 0 Å². The molecule has 0 saturated carbocycles. The Hall–Kier alpha value is -2.31. The Morgan fingerprint density at radius 3 is 2.78 bits per heavy atom. The normalized spacial score (nSPS) is 9.61. The summed E-state index contributed by atoms with van der Waals surface area (Å²) in [5.74, 6) is -0.0488. The van der Waals surface area contributed by atoms with Gasteiger partial charge in [0.2, 0.25) is 0 Å². The largest absolute Gasteiger partial charge is 0.465 e. The standard InChI is InChI=1S/C11H16N4O3/c1-2-18-10(16)7-15-11(17)14-6-8-3-4-9(12)13-5-8/h3-5H,2,6-7H2,1H3,(H2,12,13)(H2,14,15,17). The van der Waals surface area contributed by atoms with Gasteiger partial charge < -0.3 is 21.1 Å². The maximum atomic E-state index is 11.3. The van der Waals surface area contributed by atoms with E-state index in [1.54, 1.807) is 25.3 Å². The molecule has 1 heterocycles. The third-order valence-electron chi connectivity index (χ3n) is 2.00. The summed E-state index contributed by atoms with van der Waals surface area (Å²) in [5, 5.41) is 4.96. The quantitative estimate of drug-likeness (QED) is 0.641. The van der Waals surface area contributed by atoms with Crippen molar-refractivity contribution >= 4 is 17.8 Å². The first-order chi connectivity index (χ1) is 8.61. The minimum atomic E-state index is -0.471. The van der Waals surface area contributed by atoms with E-state index < -0.39 is 12.0 Å². The molecule has 4 N–H and O–H groups in total. The Balaban J connectivity index is 2.24. The number of nitrogen functional groups attached to an aromatic ring is 1. The number of carbonyl (C=O) groups is 2. The van der Waals surface area contributed by atoms with Crippen LogP contribution in [0.3, 0.4) is 0 Å². The molecule has 0 atom stereocenters. The molecule has 18 heavy (non-hydrogen) atoms. The molecule has 7 heteroatoms. The van der Waals surface area contributed by atoms with Crippen LogP contribution >= 0.6 is 0 Å². The number of ether oxygens (including phenoxy) is 1. The van der Waals surface area contributed by atoms with Gasteiger partial charge in [-0.2, -0.15) is 0 Å². The smallest absolute Gasteiger partial charge is 0.325 e. The van der Waals surface area contributed by atoms with Crippen molar-refractivity contribution in [2.45, 2.75) is 13.5 Å². The Kier molecular flexibility index (Phi) is 5.43. The lowest BCUT2D eigenvalue weighted by Crippen LogP contribution is -2.38. The van der Waals surface area contributed by atoms with Crippen LogP contribution in [0, 0.1) is 0 Å². The minimum Gasteiger partial charge on any atom is -0.465 e. The van der Waals surface area contributed by atoms with Crippen LogP contribution < -0.4 is 16.4 Å². The number of esters is 1. The third kappa shape index (κ3) is 5.15. The van der Waals surface area contributed by atoms with Crippen molar-refractivity contribution in [2.24, 2.45) is 0 Å². The summed E-state index contributed by atoms with van der Waals surface area (Å²) in [7, 11) is 0. The van der Waals surface area contributed by atoms with Crippen LogP contribution in [-0.2, 0) is 16.1 Å². The zero-order chi connectivity index (χ0) is 13.4. The van der Waals surface area contributed by atoms with Gasteiger partial charge in [-0.25, -0.2) is 9.78 Å². The Morgan fingerprint density at radius 1 is 1.39 bits per heavy atom. The van der Waals surface area contributed by atoms with E-state index in [0.717, 1.165) is 5.56 Å². The van der Waals surface area contributed by atoms with Crippen LogP contribution in [-0.4, -0.2) is 30.1 Å². The lowest BCUT2D eigenvalue weighted by atomic mass is 10.3. The van der Waals surface area contributed by atoms with Gasteiger partial charge in [0.1, 0.15) is 12.4 Å². The van der Waals surface area contributed by atoms with E-state index in [2.05, 4.69) is 20.4 Å². The van der Waals surface area contributed by atoms with Gasteiger partial charge in [0.15, 0.2) is 0 Å². The van der Waals surface area contributed by atoms with Gasteiger partial charge in [-0.1, -0.05) is 6.07 Å². The predicted octanol–water partition coefficient (Wildman–Crippen LogP) is 0.0261. The van der Waals surface area contributed by atoms with Crippen LogP contribution in [0.5, 0.6) is 0 Å². The number of carbonyl (C=O) groups excluding carboxylic acids is 2. The zero-order valence-electron chi connectivity index (χ0n) is 10.1. The SMILES string of the molecule is CCOC(=O)CNC(=O)NCc1ccc(N)nc1. The van der Waals surface area contributed by atoms with Crippen molar-refractivity contribution in [3.05, 3.63) is 23.9 Å². The molecule has 1 rings (SSSR count). The van der Waals surface area contributed by atoms with E-state index in [-0.39, 0.29) is 6.54 Å². The molecule has 2 amide bonds. The molecule has 0 unspecified atom stereocenters. The highest BCUT2D eigenvalue weighted by Crippen LogP contribution is 2.00. The summed E-state index contributed by atoms with van der Waals surface area (Å²) in [4.78, 5) is 26.2. The molecule has 0 fully saturated rings. The maximum Gasteiger partial charge on any atom is 0.325 e. The summed E-state index contributed by atoms with van der Waals surface area (Å²) < 4.78 is 4.66. The van der Waals surface area contributed by atoms with E-state index in [4.69, 9.17) is 5.73 Å². The van der Waals surface area contributed by atoms with E-state index in [1.165, 1.54) is 0 Å². The lowest BCUT2D eigenvalue weighted by molar-refractivity contribution is -0.141. The fraction of sp³-hybridized carbons (Fsp3) is 0.364. The molecule has 98 valence electrons. The van der Waals surface area contributed by atoms with E-state index >= 15 is 0 Å². The number of rotatable bonds is 5. The van der Waals surface area contributed by atoms with Gasteiger partial charge in [0.25, 0.3) is 0 Å². The molecule has 0 aliphatic heterocycles. The number of anilines is 1. The van der Waals surface area contributed by atoms with Crippen molar-refractivity contribution in [1.82, 2.24) is 15.6 Å². The number of urea groups is 1. The van der Waals surface area contributed by atoms with Gasteiger partial charge in [0, 0.05) is 12.7 Å². The van der Waals surface area contributed by atoms with Crippen LogP contribution in [0.25, 0.3) is 0 Å². The number of nitrogens with two attached hydrogens (primary N) is 1. The number of hydrogen-bond donors (Lipinski definition) is 3. The molecule has 7 nitrogen and oxygen atoms in total. The highest BCUT2D eigenvalue weighted by molar-refractivity contribution is 5.80. The van der Waals surface area contributed by atoms with Crippen LogP contribution in [0.1, 0.15) is 12.5 Å². The summed E-state index contributed by atoms with van der Waals surface area (Å²) in [5.41, 5.74) is 6.25. The first-order valence-corrected chi connectivity index (χ1v) is 5.49. The summed E-state index contributed by atoms with van der Waals surface area (Å²) in [6.07, 6.45) is 1.57. The average Bonchev–Trinajstić information content (AvgIpc) is 2.36. The van der Waals surface area contributed by atoms with Gasteiger partial charge in [0.05, 0.1) is 6.61 Å². The van der Waals surface area contributed by atoms with Gasteiger partial charge in [-0.05, 0) is 18.6 Å². The number of nitrogens with one attached hydrogen (secondary N) is 2. The van der Waals surface area contributed by atoms with Crippen molar-refractivity contribution in [3.63, 3.8) is 0 Å². The maximum absolute atomic E-state index is 11.3. The Morgan fingerprint density at radius 2 is 2.17 bits per heavy atom. The number of nitrogens with zero attached hydrogens (tertiary/aromatic N) is 1. The van der Waals surface area contributed by atoms with Crippen LogP contribution in [0.15, 0.2) is 18.3 Å². The minimum absolute atomic E-state index is 0.153. The van der Waals surface area contributed by atoms with Crippen molar-refractivity contribution < 1.29 is 14.3 Å². The second-order valence-corrected chi connectivity index (χ2v) is 3.43. The topological polar surface area (TPSA) is 106 Å². The van der Waals surface area contributed by atoms with E-state index in [1.807, 2.05) is 0 Å². The number of pyridine rings is 1. The van der Waals surface area contributed by atoms with Crippen LogP contribution in [0.4, 0.5) is 10.6 Å². The lowest BCUT2D eigenvalue weighted by Gasteiger charge is -2.07. The molecule has 1 aromatic rings. The second kappa shape index (κ2) is 7.10. The fourth-order valence-corrected chi connectivity index (χ4v) is 1.15. The molecule has 0 aliphatic carbocycles. The average molecular weight is 252 g/mol. The van der Waals surface area contributed by atoms with Crippen LogP contribution in [0.2, 0.25) is 0 Å². The van der Waals surface area contributed by atoms with Gasteiger partial charge in [-0.3, -0.25) is 4.79 Å². The van der Waals surface area contributed by atoms with Crippen molar-refractivity contribution in [3.8, 4) is 0 Å². The third-order valence-corrected chi connectivity index (χ3v) is 2.00. The molecule has 0 aliphatic rings. The molecule has 0 aromatic carbocycles. The Labute approximate surface area is 105 Å². The molecule has 1 aromatic heterocycles. The number of amides is 2. The Bertz CT molecular complexity index is 405. The molecular formula is C11H16N4O3. The molecule has 0 radical (unpaired) electrons. The molecule has 0 saturated heterocycles. The van der Waals surface area contributed by atoms with Gasteiger partial charge >= 0.3 is 12.0 Å². The fourth-order valence-electron chi connectivity index (χ4n) is 1.15. The highest BCUT2D eigenvalue weighted by Gasteiger charge is 2.05. The molecule has 0 spiro atoms. The van der Waals surface area contributed by atoms with E-state index in [0.29, 0.717) is 19.0 Å². The number of aromatic nitrogens is 1. The first-order valence-electron chi connectivity index (χ1n) is 5.49. The molecular weight excluding hydrogens is 236 g/mol. The second-order valence-electron chi connectivity index (χ2n) is 3.43. The summed E-state index contributed by atoms with van der Waals surface area (Å²) in [6.45, 7) is 2.15. The monoisotopic (exact) mass is 252 g/mol.